The van der Waals surface area contributed by atoms with Gasteiger partial charge in [-0.3, -0.25) is 4.79 Å². The number of H-pyrrole nitrogens is 1. The van der Waals surface area contributed by atoms with Crippen LogP contribution in [0.4, 0.5) is 10.3 Å². The lowest BCUT2D eigenvalue weighted by Crippen LogP contribution is -2.43. The van der Waals surface area contributed by atoms with Crippen molar-refractivity contribution in [2.45, 2.75) is 25.6 Å². The Morgan fingerprint density at radius 2 is 1.90 bits per heavy atom. The van der Waals surface area contributed by atoms with Gasteiger partial charge in [-0.05, 0) is 63.8 Å². The molecule has 0 saturated carbocycles. The number of nitrogens with one attached hydrogen (secondary N) is 3. The maximum Gasteiger partial charge on any atom is 0.227 e. The van der Waals surface area contributed by atoms with E-state index in [9.17, 15) is 9.18 Å². The Kier molecular flexibility index (Phi) is 10.9. The van der Waals surface area contributed by atoms with Crippen LogP contribution in [-0.2, 0) is 25.4 Å². The lowest BCUT2D eigenvalue weighted by atomic mass is 10.1. The maximum atomic E-state index is 13.6. The van der Waals surface area contributed by atoms with Crippen molar-refractivity contribution in [1.29, 1.82) is 0 Å². The van der Waals surface area contributed by atoms with Gasteiger partial charge in [-0.15, -0.1) is 0 Å². The number of ether oxygens (including phenoxy) is 3. The highest BCUT2D eigenvalue weighted by Gasteiger charge is 2.29. The van der Waals surface area contributed by atoms with Gasteiger partial charge in [-0.1, -0.05) is 0 Å². The van der Waals surface area contributed by atoms with E-state index in [1.165, 1.54) is 12.1 Å². The van der Waals surface area contributed by atoms with Crippen LogP contribution in [0.5, 0.6) is 0 Å². The fraction of sp³-hybridized carbons (Fsp3) is 0.500. The van der Waals surface area contributed by atoms with E-state index in [4.69, 9.17) is 19.2 Å². The number of imidazole rings is 1. The largest absolute Gasteiger partial charge is 0.385 e. The molecule has 1 amide bonds. The van der Waals surface area contributed by atoms with E-state index in [1.807, 2.05) is 14.1 Å². The molecule has 4 rings (SSSR count). The third kappa shape index (κ3) is 8.52. The number of carbonyl (C=O) groups excluding carboxylic acids is 1. The lowest BCUT2D eigenvalue weighted by Gasteiger charge is -2.28. The summed E-state index contributed by atoms with van der Waals surface area (Å²) in [6.07, 6.45) is 3.17. The lowest BCUT2D eigenvalue weighted by molar-refractivity contribution is -0.200. The number of benzene rings is 1. The molecular formula is C28H38FN7O4. The molecule has 3 heterocycles. The van der Waals surface area contributed by atoms with Crippen molar-refractivity contribution in [2.75, 3.05) is 66.0 Å². The fourth-order valence-corrected chi connectivity index (χ4v) is 4.24. The molecule has 1 aliphatic heterocycles. The summed E-state index contributed by atoms with van der Waals surface area (Å²) in [5.41, 5.74) is 2.68. The molecule has 0 radical (unpaired) electrons. The van der Waals surface area contributed by atoms with E-state index in [0.29, 0.717) is 55.0 Å². The highest BCUT2D eigenvalue weighted by atomic mass is 19.1. The smallest absolute Gasteiger partial charge is 0.227 e. The Morgan fingerprint density at radius 3 is 2.62 bits per heavy atom. The van der Waals surface area contributed by atoms with Crippen LogP contribution in [0.25, 0.3) is 22.6 Å². The summed E-state index contributed by atoms with van der Waals surface area (Å²) in [5.74, 6) is 0.365. The molecule has 0 spiro atoms. The van der Waals surface area contributed by atoms with Gasteiger partial charge >= 0.3 is 0 Å². The second-order valence-corrected chi connectivity index (χ2v) is 9.90. The van der Waals surface area contributed by atoms with E-state index in [-0.39, 0.29) is 30.9 Å². The second kappa shape index (κ2) is 14.8. The van der Waals surface area contributed by atoms with Crippen LogP contribution in [0.2, 0.25) is 0 Å². The van der Waals surface area contributed by atoms with Crippen molar-refractivity contribution in [3.63, 3.8) is 0 Å². The first kappa shape index (κ1) is 29.5. The Labute approximate surface area is 233 Å². The quantitative estimate of drug-likeness (QED) is 0.257. The first-order chi connectivity index (χ1) is 19.4. The molecule has 1 aromatic carbocycles. The van der Waals surface area contributed by atoms with E-state index < -0.39 is 6.29 Å². The molecule has 11 nitrogen and oxygen atoms in total. The van der Waals surface area contributed by atoms with Crippen LogP contribution in [0.3, 0.4) is 0 Å². The number of nitrogens with zero attached hydrogens (tertiary/aromatic N) is 4. The summed E-state index contributed by atoms with van der Waals surface area (Å²) in [6, 6.07) is 7.95. The van der Waals surface area contributed by atoms with Gasteiger partial charge in [0.15, 0.2) is 6.29 Å². The average molecular weight is 556 g/mol. The highest BCUT2D eigenvalue weighted by Crippen LogP contribution is 2.30. The standard InChI is InChI=1S/C28H38FN7O4/c1-36(2)14-4-11-30-27(37)20-17-39-24(40-18-20)16-23-34-25(19-6-8-21(29)9-7-19)26(35-23)22-10-13-32-28(33-22)31-12-5-15-38-3/h6-10,13,20,24H,4-5,11-12,14-18H2,1-3H3,(H,30,37)(H,34,35)(H,31,32,33). The molecule has 0 unspecified atom stereocenters. The number of halogens is 1. The van der Waals surface area contributed by atoms with Crippen molar-refractivity contribution >= 4 is 11.9 Å². The Hall–Kier alpha value is -3.45. The first-order valence-electron chi connectivity index (χ1n) is 13.5. The summed E-state index contributed by atoms with van der Waals surface area (Å²) < 4.78 is 30.5. The molecule has 0 aliphatic carbocycles. The molecule has 2 aromatic heterocycles. The summed E-state index contributed by atoms with van der Waals surface area (Å²) >= 11 is 0. The normalized spacial score (nSPS) is 17.2. The van der Waals surface area contributed by atoms with Gasteiger partial charge in [-0.25, -0.2) is 19.3 Å². The van der Waals surface area contributed by atoms with Crippen LogP contribution < -0.4 is 10.6 Å². The zero-order valence-corrected chi connectivity index (χ0v) is 23.3. The number of aromatic nitrogens is 4. The molecule has 40 heavy (non-hydrogen) atoms. The number of aromatic amines is 1. The van der Waals surface area contributed by atoms with Gasteiger partial charge in [-0.2, -0.15) is 0 Å². The topological polar surface area (TPSA) is 127 Å². The zero-order chi connectivity index (χ0) is 28.3. The first-order valence-corrected chi connectivity index (χ1v) is 13.5. The Bertz CT molecular complexity index is 1210. The fourth-order valence-electron chi connectivity index (χ4n) is 4.24. The van der Waals surface area contributed by atoms with Crippen molar-refractivity contribution in [3.8, 4) is 22.6 Å². The predicted molar refractivity (Wildman–Crippen MR) is 149 cm³/mol. The molecular weight excluding hydrogens is 517 g/mol. The Balaban J connectivity index is 1.43. The predicted octanol–water partition coefficient (Wildman–Crippen LogP) is 2.72. The van der Waals surface area contributed by atoms with Crippen LogP contribution in [0.15, 0.2) is 36.5 Å². The van der Waals surface area contributed by atoms with Crippen LogP contribution in [-0.4, -0.2) is 97.7 Å². The monoisotopic (exact) mass is 555 g/mol. The minimum absolute atomic E-state index is 0.0634. The molecule has 1 aliphatic rings. The molecule has 3 N–H and O–H groups in total. The number of anilines is 1. The van der Waals surface area contributed by atoms with Crippen LogP contribution in [0, 0.1) is 11.7 Å². The average Bonchev–Trinajstić information content (AvgIpc) is 3.38. The van der Waals surface area contributed by atoms with Crippen molar-refractivity contribution in [1.82, 2.24) is 30.2 Å². The van der Waals surface area contributed by atoms with E-state index in [0.717, 1.165) is 24.9 Å². The number of methoxy groups -OCH3 is 1. The molecule has 0 atom stereocenters. The van der Waals surface area contributed by atoms with Gasteiger partial charge < -0.3 is 34.7 Å². The highest BCUT2D eigenvalue weighted by molar-refractivity contribution is 5.79. The molecule has 3 aromatic rings. The van der Waals surface area contributed by atoms with Gasteiger partial charge in [0.05, 0.1) is 42.6 Å². The molecule has 1 saturated heterocycles. The summed E-state index contributed by atoms with van der Waals surface area (Å²) in [7, 11) is 5.67. The van der Waals surface area contributed by atoms with Gasteiger partial charge in [0.1, 0.15) is 11.6 Å². The van der Waals surface area contributed by atoms with Crippen molar-refractivity contribution < 1.29 is 23.4 Å². The zero-order valence-electron chi connectivity index (χ0n) is 23.3. The SMILES string of the molecule is COCCCNc1nccc(-c2[nH]c(CC3OCC(C(=O)NCCCN(C)C)CO3)nc2-c2ccc(F)cc2)n1. The molecule has 12 heteroatoms. The number of amides is 1. The number of carbonyl (C=O) groups is 1. The minimum Gasteiger partial charge on any atom is -0.385 e. The summed E-state index contributed by atoms with van der Waals surface area (Å²) in [5, 5.41) is 6.15. The Morgan fingerprint density at radius 1 is 1.12 bits per heavy atom. The van der Waals surface area contributed by atoms with Crippen LogP contribution in [0.1, 0.15) is 18.7 Å². The molecule has 216 valence electrons. The summed E-state index contributed by atoms with van der Waals surface area (Å²) in [6.45, 7) is 3.37. The number of rotatable bonds is 14. The van der Waals surface area contributed by atoms with E-state index in [1.54, 1.807) is 31.5 Å². The van der Waals surface area contributed by atoms with Gasteiger partial charge in [0.2, 0.25) is 11.9 Å². The molecule has 0 bridgehead atoms. The van der Waals surface area contributed by atoms with Crippen molar-refractivity contribution in [3.05, 3.63) is 48.2 Å². The van der Waals surface area contributed by atoms with Crippen molar-refractivity contribution in [2.24, 2.45) is 5.92 Å². The van der Waals surface area contributed by atoms with Gasteiger partial charge in [0.25, 0.3) is 0 Å². The van der Waals surface area contributed by atoms with Crippen LogP contribution >= 0.6 is 0 Å². The third-order valence-electron chi connectivity index (χ3n) is 6.37. The minimum atomic E-state index is -0.554. The number of hydrogen-bond acceptors (Lipinski definition) is 9. The maximum absolute atomic E-state index is 13.6. The van der Waals surface area contributed by atoms with E-state index >= 15 is 0 Å². The third-order valence-corrected chi connectivity index (χ3v) is 6.37. The second-order valence-electron chi connectivity index (χ2n) is 9.90. The van der Waals surface area contributed by atoms with E-state index in [2.05, 4.69) is 30.5 Å². The van der Waals surface area contributed by atoms with Gasteiger partial charge in [0, 0.05) is 38.6 Å². The number of hydrogen-bond donors (Lipinski definition) is 3. The summed E-state index contributed by atoms with van der Waals surface area (Å²) in [4.78, 5) is 31.7. The molecule has 1 fully saturated rings.